The van der Waals surface area contributed by atoms with Crippen molar-refractivity contribution in [2.75, 3.05) is 13.7 Å². The molecule has 0 atom stereocenters. The zero-order valence-electron chi connectivity index (χ0n) is 11.8. The van der Waals surface area contributed by atoms with Gasteiger partial charge in [-0.25, -0.2) is 0 Å². The van der Waals surface area contributed by atoms with Gasteiger partial charge in [-0.05, 0) is 18.1 Å². The number of amides is 1. The number of ether oxygens (including phenoxy) is 1. The van der Waals surface area contributed by atoms with Crippen LogP contribution in [0, 0.1) is 5.92 Å². The maximum atomic E-state index is 12.4. The highest BCUT2D eigenvalue weighted by molar-refractivity contribution is 8.26. The quantitative estimate of drug-likeness (QED) is 0.628. The van der Waals surface area contributed by atoms with Crippen LogP contribution in [0.25, 0.3) is 6.08 Å². The van der Waals surface area contributed by atoms with E-state index in [1.54, 1.807) is 12.0 Å². The molecule has 1 amide bonds. The summed E-state index contributed by atoms with van der Waals surface area (Å²) in [7, 11) is 1.62. The molecule has 0 N–H and O–H groups in total. The molecule has 20 heavy (non-hydrogen) atoms. The number of thioether (sulfide) groups is 1. The van der Waals surface area contributed by atoms with Gasteiger partial charge in [-0.15, -0.1) is 0 Å². The molecular weight excluding hydrogens is 290 g/mol. The molecule has 0 unspecified atom stereocenters. The molecule has 1 heterocycles. The molecule has 0 bridgehead atoms. The number of methoxy groups -OCH3 is 1. The lowest BCUT2D eigenvalue weighted by atomic mass is 10.1. The SMILES string of the molecule is COc1ccccc1/C=C1/SC(=S)N(CC(C)C)C1=O. The van der Waals surface area contributed by atoms with Gasteiger partial charge in [0.05, 0.1) is 12.0 Å². The molecule has 0 aliphatic carbocycles. The summed E-state index contributed by atoms with van der Waals surface area (Å²) in [6.45, 7) is 4.80. The molecule has 1 fully saturated rings. The van der Waals surface area contributed by atoms with Crippen LogP contribution >= 0.6 is 24.0 Å². The molecule has 106 valence electrons. The largest absolute Gasteiger partial charge is 0.496 e. The van der Waals surface area contributed by atoms with Crippen molar-refractivity contribution < 1.29 is 9.53 Å². The van der Waals surface area contributed by atoms with E-state index >= 15 is 0 Å². The van der Waals surface area contributed by atoms with Crippen LogP contribution in [0.3, 0.4) is 0 Å². The topological polar surface area (TPSA) is 29.5 Å². The van der Waals surface area contributed by atoms with Crippen LogP contribution in [-0.2, 0) is 4.79 Å². The smallest absolute Gasteiger partial charge is 0.266 e. The Morgan fingerprint density at radius 3 is 2.75 bits per heavy atom. The number of hydrogen-bond acceptors (Lipinski definition) is 4. The number of nitrogens with zero attached hydrogens (tertiary/aromatic N) is 1. The number of carbonyl (C=O) groups is 1. The molecule has 0 saturated carbocycles. The van der Waals surface area contributed by atoms with Crippen molar-refractivity contribution in [1.29, 1.82) is 0 Å². The summed E-state index contributed by atoms with van der Waals surface area (Å²) in [5.74, 6) is 1.13. The van der Waals surface area contributed by atoms with Gasteiger partial charge in [-0.1, -0.05) is 56.0 Å². The molecule has 3 nitrogen and oxygen atoms in total. The second-order valence-electron chi connectivity index (χ2n) is 4.93. The monoisotopic (exact) mass is 307 g/mol. The lowest BCUT2D eigenvalue weighted by molar-refractivity contribution is -0.122. The van der Waals surface area contributed by atoms with Gasteiger partial charge in [0, 0.05) is 12.1 Å². The summed E-state index contributed by atoms with van der Waals surface area (Å²) in [5.41, 5.74) is 0.889. The summed E-state index contributed by atoms with van der Waals surface area (Å²) in [5, 5.41) is 0. The first-order valence-corrected chi connectivity index (χ1v) is 7.63. The fraction of sp³-hybridized carbons (Fsp3) is 0.333. The van der Waals surface area contributed by atoms with E-state index in [0.29, 0.717) is 21.7 Å². The van der Waals surface area contributed by atoms with Crippen molar-refractivity contribution in [2.45, 2.75) is 13.8 Å². The minimum Gasteiger partial charge on any atom is -0.496 e. The van der Waals surface area contributed by atoms with E-state index in [9.17, 15) is 4.79 Å². The molecule has 2 rings (SSSR count). The third-order valence-electron chi connectivity index (χ3n) is 2.85. The van der Waals surface area contributed by atoms with Gasteiger partial charge in [0.25, 0.3) is 5.91 Å². The van der Waals surface area contributed by atoms with Crippen molar-refractivity contribution in [3.8, 4) is 5.75 Å². The minimum absolute atomic E-state index is 0.0143. The Morgan fingerprint density at radius 1 is 1.40 bits per heavy atom. The van der Waals surface area contributed by atoms with Crippen molar-refractivity contribution in [2.24, 2.45) is 5.92 Å². The van der Waals surface area contributed by atoms with Gasteiger partial charge in [-0.3, -0.25) is 9.69 Å². The molecular formula is C15H17NO2S2. The number of hydrogen-bond donors (Lipinski definition) is 0. The van der Waals surface area contributed by atoms with Gasteiger partial charge in [0.2, 0.25) is 0 Å². The van der Waals surface area contributed by atoms with E-state index in [1.165, 1.54) is 11.8 Å². The maximum Gasteiger partial charge on any atom is 0.266 e. The zero-order valence-corrected chi connectivity index (χ0v) is 13.4. The number of benzene rings is 1. The van der Waals surface area contributed by atoms with Gasteiger partial charge in [0.1, 0.15) is 10.1 Å². The molecule has 0 spiro atoms. The highest BCUT2D eigenvalue weighted by Gasteiger charge is 2.32. The molecule has 1 aliphatic heterocycles. The van der Waals surface area contributed by atoms with Crippen LogP contribution < -0.4 is 4.74 Å². The first-order valence-electron chi connectivity index (χ1n) is 6.41. The van der Waals surface area contributed by atoms with E-state index < -0.39 is 0 Å². The van der Waals surface area contributed by atoms with Crippen molar-refractivity contribution in [3.05, 3.63) is 34.7 Å². The molecule has 0 aromatic heterocycles. The van der Waals surface area contributed by atoms with Gasteiger partial charge in [-0.2, -0.15) is 0 Å². The van der Waals surface area contributed by atoms with E-state index in [-0.39, 0.29) is 5.91 Å². The Labute approximate surface area is 129 Å². The Bertz CT molecular complexity index is 567. The van der Waals surface area contributed by atoms with Crippen LogP contribution in [0.2, 0.25) is 0 Å². The zero-order chi connectivity index (χ0) is 14.7. The Kier molecular flexibility index (Phi) is 4.83. The number of rotatable bonds is 4. The Balaban J connectivity index is 2.28. The van der Waals surface area contributed by atoms with Crippen LogP contribution in [0.5, 0.6) is 5.75 Å². The molecule has 1 aromatic rings. The van der Waals surface area contributed by atoms with E-state index in [0.717, 1.165) is 11.3 Å². The summed E-state index contributed by atoms with van der Waals surface area (Å²) in [4.78, 5) is 14.7. The van der Waals surface area contributed by atoms with Crippen molar-refractivity contribution >= 4 is 40.3 Å². The second kappa shape index (κ2) is 6.41. The Hall–Kier alpha value is -1.33. The van der Waals surface area contributed by atoms with E-state index in [1.807, 2.05) is 30.3 Å². The van der Waals surface area contributed by atoms with Crippen molar-refractivity contribution in [1.82, 2.24) is 4.90 Å². The normalized spacial score (nSPS) is 17.4. The lowest BCUT2D eigenvalue weighted by Crippen LogP contribution is -2.31. The molecule has 1 saturated heterocycles. The number of thiocarbonyl (C=S) groups is 1. The van der Waals surface area contributed by atoms with Crippen LogP contribution in [0.4, 0.5) is 0 Å². The van der Waals surface area contributed by atoms with Crippen molar-refractivity contribution in [3.63, 3.8) is 0 Å². The average Bonchev–Trinajstić information content (AvgIpc) is 2.67. The van der Waals surface area contributed by atoms with Crippen LogP contribution in [0.1, 0.15) is 19.4 Å². The van der Waals surface area contributed by atoms with E-state index in [2.05, 4.69) is 13.8 Å². The minimum atomic E-state index is -0.0143. The molecule has 0 radical (unpaired) electrons. The first kappa shape index (κ1) is 15.1. The summed E-state index contributed by atoms with van der Waals surface area (Å²) < 4.78 is 5.93. The first-order chi connectivity index (χ1) is 9.52. The highest BCUT2D eigenvalue weighted by atomic mass is 32.2. The van der Waals surface area contributed by atoms with Gasteiger partial charge < -0.3 is 4.74 Å². The Morgan fingerprint density at radius 2 is 2.10 bits per heavy atom. The third kappa shape index (κ3) is 3.22. The fourth-order valence-corrected chi connectivity index (χ4v) is 3.22. The van der Waals surface area contributed by atoms with Gasteiger partial charge in [0.15, 0.2) is 0 Å². The van der Waals surface area contributed by atoms with E-state index in [4.69, 9.17) is 17.0 Å². The maximum absolute atomic E-state index is 12.4. The third-order valence-corrected chi connectivity index (χ3v) is 4.22. The lowest BCUT2D eigenvalue weighted by Gasteiger charge is -2.16. The standard InChI is InChI=1S/C15H17NO2S2/c1-10(2)9-16-14(17)13(20-15(16)19)8-11-6-4-5-7-12(11)18-3/h4-8,10H,9H2,1-3H3/b13-8+. The predicted molar refractivity (Wildman–Crippen MR) is 87.7 cm³/mol. The van der Waals surface area contributed by atoms with Crippen LogP contribution in [0.15, 0.2) is 29.2 Å². The van der Waals surface area contributed by atoms with Gasteiger partial charge >= 0.3 is 0 Å². The molecule has 1 aliphatic rings. The summed E-state index contributed by atoms with van der Waals surface area (Å²) in [6, 6.07) is 7.62. The summed E-state index contributed by atoms with van der Waals surface area (Å²) >= 11 is 6.64. The number of para-hydroxylation sites is 1. The fourth-order valence-electron chi connectivity index (χ4n) is 1.95. The number of carbonyl (C=O) groups excluding carboxylic acids is 1. The summed E-state index contributed by atoms with van der Waals surface area (Å²) in [6.07, 6.45) is 1.85. The second-order valence-corrected chi connectivity index (χ2v) is 6.60. The highest BCUT2D eigenvalue weighted by Crippen LogP contribution is 2.34. The average molecular weight is 307 g/mol. The molecule has 1 aromatic carbocycles. The molecule has 5 heteroatoms. The predicted octanol–water partition coefficient (Wildman–Crippen LogP) is 3.55. The van der Waals surface area contributed by atoms with Crippen LogP contribution in [-0.4, -0.2) is 28.8 Å².